The summed E-state index contributed by atoms with van der Waals surface area (Å²) in [5.74, 6) is 2.10. The van der Waals surface area contributed by atoms with Crippen LogP contribution >= 0.6 is 0 Å². The second-order valence-electron chi connectivity index (χ2n) is 6.67. The van der Waals surface area contributed by atoms with Crippen LogP contribution in [0.1, 0.15) is 30.4 Å². The Morgan fingerprint density at radius 1 is 1.33 bits per heavy atom. The molecule has 0 aliphatic carbocycles. The number of likely N-dealkylation sites (tertiary alicyclic amines) is 1. The van der Waals surface area contributed by atoms with Gasteiger partial charge in [-0.2, -0.15) is 5.10 Å². The SMILES string of the molecule is COc1cc2[nH]c(=O)[nH]c2cc1NC(=O)N1CCCC(c2n[nH]c(C)n2)C1. The lowest BCUT2D eigenvalue weighted by Gasteiger charge is -2.31. The third-order valence-corrected chi connectivity index (χ3v) is 4.77. The van der Waals surface area contributed by atoms with Gasteiger partial charge in [0.1, 0.15) is 11.6 Å². The van der Waals surface area contributed by atoms with Crippen LogP contribution < -0.4 is 15.7 Å². The maximum atomic E-state index is 12.8. The van der Waals surface area contributed by atoms with Gasteiger partial charge >= 0.3 is 11.7 Å². The Hall–Kier alpha value is -3.30. The van der Waals surface area contributed by atoms with Gasteiger partial charge in [0.2, 0.25) is 0 Å². The van der Waals surface area contributed by atoms with E-state index in [4.69, 9.17) is 4.74 Å². The first-order valence-corrected chi connectivity index (χ1v) is 8.78. The Bertz CT molecular complexity index is 1030. The highest BCUT2D eigenvalue weighted by molar-refractivity contribution is 5.94. The summed E-state index contributed by atoms with van der Waals surface area (Å²) in [6.07, 6.45) is 1.83. The molecule has 3 heterocycles. The first-order valence-electron chi connectivity index (χ1n) is 8.78. The molecule has 142 valence electrons. The van der Waals surface area contributed by atoms with Gasteiger partial charge in [-0.15, -0.1) is 0 Å². The molecule has 10 heteroatoms. The zero-order valence-corrected chi connectivity index (χ0v) is 15.1. The van der Waals surface area contributed by atoms with Crippen molar-refractivity contribution >= 4 is 22.8 Å². The van der Waals surface area contributed by atoms with Crippen LogP contribution in [-0.2, 0) is 0 Å². The highest BCUT2D eigenvalue weighted by atomic mass is 16.5. The van der Waals surface area contributed by atoms with E-state index in [1.165, 1.54) is 7.11 Å². The third kappa shape index (κ3) is 3.37. The summed E-state index contributed by atoms with van der Waals surface area (Å²) in [4.78, 5) is 35.8. The molecule has 10 nitrogen and oxygen atoms in total. The summed E-state index contributed by atoms with van der Waals surface area (Å²) in [6.45, 7) is 3.07. The van der Waals surface area contributed by atoms with Gasteiger partial charge in [0.15, 0.2) is 5.82 Å². The lowest BCUT2D eigenvalue weighted by molar-refractivity contribution is 0.191. The fourth-order valence-electron chi connectivity index (χ4n) is 3.44. The number of aromatic nitrogens is 5. The molecule has 1 aliphatic heterocycles. The van der Waals surface area contributed by atoms with Gasteiger partial charge in [-0.3, -0.25) is 5.10 Å². The smallest absolute Gasteiger partial charge is 0.323 e. The molecule has 0 radical (unpaired) electrons. The molecule has 27 heavy (non-hydrogen) atoms. The topological polar surface area (TPSA) is 132 Å². The Labute approximate surface area is 154 Å². The van der Waals surface area contributed by atoms with Gasteiger partial charge in [0, 0.05) is 25.1 Å². The van der Waals surface area contributed by atoms with Crippen molar-refractivity contribution in [1.29, 1.82) is 0 Å². The highest BCUT2D eigenvalue weighted by Crippen LogP contribution is 2.30. The van der Waals surface area contributed by atoms with E-state index in [-0.39, 0.29) is 17.6 Å². The number of urea groups is 1. The van der Waals surface area contributed by atoms with Gasteiger partial charge in [0.05, 0.1) is 23.8 Å². The number of aryl methyl sites for hydroxylation is 1. The number of hydrogen-bond donors (Lipinski definition) is 4. The number of hydrogen-bond acceptors (Lipinski definition) is 5. The fourth-order valence-corrected chi connectivity index (χ4v) is 3.44. The van der Waals surface area contributed by atoms with E-state index in [2.05, 4.69) is 30.5 Å². The van der Waals surface area contributed by atoms with Gasteiger partial charge in [-0.1, -0.05) is 0 Å². The number of rotatable bonds is 3. The Morgan fingerprint density at radius 3 is 2.81 bits per heavy atom. The van der Waals surface area contributed by atoms with Gasteiger partial charge in [0.25, 0.3) is 0 Å². The third-order valence-electron chi connectivity index (χ3n) is 4.77. The fraction of sp³-hybridized carbons (Fsp3) is 0.412. The van der Waals surface area contributed by atoms with E-state index >= 15 is 0 Å². The summed E-state index contributed by atoms with van der Waals surface area (Å²) in [7, 11) is 1.52. The molecule has 2 amide bonds. The van der Waals surface area contributed by atoms with Crippen molar-refractivity contribution < 1.29 is 9.53 Å². The number of anilines is 1. The van der Waals surface area contributed by atoms with E-state index in [9.17, 15) is 9.59 Å². The van der Waals surface area contributed by atoms with E-state index in [0.717, 1.165) is 24.5 Å². The minimum atomic E-state index is -0.309. The number of carbonyl (C=O) groups is 1. The molecule has 1 aromatic carbocycles. The highest BCUT2D eigenvalue weighted by Gasteiger charge is 2.27. The molecule has 0 saturated carbocycles. The molecule has 1 fully saturated rings. The molecule has 4 N–H and O–H groups in total. The average molecular weight is 371 g/mol. The van der Waals surface area contributed by atoms with Crippen molar-refractivity contribution in [3.05, 3.63) is 34.3 Å². The minimum Gasteiger partial charge on any atom is -0.494 e. The summed E-state index contributed by atoms with van der Waals surface area (Å²) in [5, 5.41) is 9.97. The largest absolute Gasteiger partial charge is 0.494 e. The zero-order valence-electron chi connectivity index (χ0n) is 15.1. The predicted octanol–water partition coefficient (Wildman–Crippen LogP) is 1.70. The van der Waals surface area contributed by atoms with Gasteiger partial charge in [-0.25, -0.2) is 14.6 Å². The Balaban J connectivity index is 1.53. The Kier molecular flexibility index (Phi) is 4.30. The molecule has 1 unspecified atom stereocenters. The summed E-state index contributed by atoms with van der Waals surface area (Å²) >= 11 is 0. The second-order valence-corrected chi connectivity index (χ2v) is 6.67. The van der Waals surface area contributed by atoms with Crippen LogP contribution in [0.3, 0.4) is 0 Å². The number of ether oxygens (including phenoxy) is 1. The van der Waals surface area contributed by atoms with Crippen LogP contribution in [0.5, 0.6) is 5.75 Å². The average Bonchev–Trinajstić information content (AvgIpc) is 3.25. The molecule has 3 aromatic rings. The van der Waals surface area contributed by atoms with Crippen molar-refractivity contribution in [2.24, 2.45) is 0 Å². The van der Waals surface area contributed by atoms with Crippen molar-refractivity contribution in [3.8, 4) is 5.75 Å². The van der Waals surface area contributed by atoms with Crippen LogP contribution in [0, 0.1) is 6.92 Å². The molecule has 1 aliphatic rings. The number of piperidine rings is 1. The number of H-pyrrole nitrogens is 3. The lowest BCUT2D eigenvalue weighted by Crippen LogP contribution is -2.41. The van der Waals surface area contributed by atoms with Crippen molar-refractivity contribution in [2.75, 3.05) is 25.5 Å². The molecule has 1 saturated heterocycles. The monoisotopic (exact) mass is 371 g/mol. The van der Waals surface area contributed by atoms with E-state index in [0.29, 0.717) is 35.6 Å². The number of benzene rings is 1. The number of imidazole rings is 1. The number of nitrogens with zero attached hydrogens (tertiary/aromatic N) is 3. The van der Waals surface area contributed by atoms with E-state index in [1.54, 1.807) is 17.0 Å². The number of nitrogens with one attached hydrogen (secondary N) is 4. The predicted molar refractivity (Wildman–Crippen MR) is 99.2 cm³/mol. The first-order chi connectivity index (χ1) is 13.0. The molecule has 4 rings (SSSR count). The van der Waals surface area contributed by atoms with Crippen LogP contribution in [-0.4, -0.2) is 56.3 Å². The molecule has 2 aromatic heterocycles. The number of methoxy groups -OCH3 is 1. The summed E-state index contributed by atoms with van der Waals surface area (Å²) in [5.41, 5.74) is 1.41. The molecular weight excluding hydrogens is 350 g/mol. The van der Waals surface area contributed by atoms with E-state index in [1.807, 2.05) is 6.92 Å². The maximum absolute atomic E-state index is 12.8. The minimum absolute atomic E-state index is 0.111. The van der Waals surface area contributed by atoms with Crippen LogP contribution in [0.25, 0.3) is 11.0 Å². The Morgan fingerprint density at radius 2 is 2.11 bits per heavy atom. The molecular formula is C17H21N7O3. The number of amides is 2. The lowest BCUT2D eigenvalue weighted by atomic mass is 9.97. The second kappa shape index (κ2) is 6.78. The van der Waals surface area contributed by atoms with Crippen LogP contribution in [0.2, 0.25) is 0 Å². The van der Waals surface area contributed by atoms with Crippen molar-refractivity contribution in [1.82, 2.24) is 30.0 Å². The number of aromatic amines is 3. The van der Waals surface area contributed by atoms with Crippen molar-refractivity contribution in [3.63, 3.8) is 0 Å². The molecule has 1 atom stereocenters. The first kappa shape index (κ1) is 17.1. The summed E-state index contributed by atoms with van der Waals surface area (Å²) < 4.78 is 5.35. The van der Waals surface area contributed by atoms with Crippen LogP contribution in [0.15, 0.2) is 16.9 Å². The normalized spacial score (nSPS) is 17.3. The van der Waals surface area contributed by atoms with E-state index < -0.39 is 0 Å². The molecule has 0 bridgehead atoms. The maximum Gasteiger partial charge on any atom is 0.323 e. The quantitative estimate of drug-likeness (QED) is 0.556. The van der Waals surface area contributed by atoms with Crippen LogP contribution in [0.4, 0.5) is 10.5 Å². The van der Waals surface area contributed by atoms with Crippen molar-refractivity contribution in [2.45, 2.75) is 25.7 Å². The number of carbonyl (C=O) groups excluding carboxylic acids is 1. The summed E-state index contributed by atoms with van der Waals surface area (Å²) in [6, 6.07) is 3.14. The van der Waals surface area contributed by atoms with Gasteiger partial charge in [-0.05, 0) is 25.8 Å². The standard InChI is InChI=1S/C17H21N7O3/c1-9-18-15(23-22-9)10-4-3-5-24(8-10)17(26)21-13-6-11-12(7-14(13)27-2)20-16(25)19-11/h6-7,10H,3-5,8H2,1-2H3,(H,21,26)(H,18,22,23)(H2,19,20,25). The van der Waals surface area contributed by atoms with Gasteiger partial charge < -0.3 is 24.9 Å². The zero-order chi connectivity index (χ0) is 19.0. The number of fused-ring (bicyclic) bond motifs is 1. The molecule has 0 spiro atoms.